The van der Waals surface area contributed by atoms with E-state index in [1.54, 1.807) is 0 Å². The van der Waals surface area contributed by atoms with Crippen molar-refractivity contribution in [1.82, 2.24) is 0 Å². The summed E-state index contributed by atoms with van der Waals surface area (Å²) in [5, 5.41) is 0. The highest BCUT2D eigenvalue weighted by Crippen LogP contribution is 2.39. The van der Waals surface area contributed by atoms with Crippen molar-refractivity contribution in [3.05, 3.63) is 11.1 Å². The van der Waals surface area contributed by atoms with E-state index in [4.69, 9.17) is 5.73 Å². The minimum atomic E-state index is 0.372. The van der Waals surface area contributed by atoms with Crippen molar-refractivity contribution in [2.75, 3.05) is 6.54 Å². The summed E-state index contributed by atoms with van der Waals surface area (Å²) >= 11 is 0. The minimum Gasteiger partial charge on any atom is -0.327 e. The molecule has 0 saturated heterocycles. The molecule has 11 heavy (non-hydrogen) atoms. The zero-order chi connectivity index (χ0) is 8.48. The molecule has 1 aliphatic rings. The second-order valence-electron chi connectivity index (χ2n) is 4.20. The molecule has 0 unspecified atom stereocenters. The van der Waals surface area contributed by atoms with Crippen LogP contribution in [0.25, 0.3) is 0 Å². The Bertz CT molecular complexity index is 177. The lowest BCUT2D eigenvalue weighted by Gasteiger charge is -2.33. The molecule has 0 aromatic carbocycles. The summed E-state index contributed by atoms with van der Waals surface area (Å²) in [6.07, 6.45) is 3.90. The fraction of sp³-hybridized carbons (Fsp3) is 0.800. The third-order valence-electron chi connectivity index (χ3n) is 2.89. The molecule has 1 aliphatic carbocycles. The van der Waals surface area contributed by atoms with Gasteiger partial charge in [-0.3, -0.25) is 0 Å². The van der Waals surface area contributed by atoms with Gasteiger partial charge in [0, 0.05) is 6.54 Å². The van der Waals surface area contributed by atoms with Gasteiger partial charge in [0.1, 0.15) is 0 Å². The molecule has 2 N–H and O–H groups in total. The molecule has 0 amide bonds. The third-order valence-corrected chi connectivity index (χ3v) is 2.89. The first-order chi connectivity index (χ1) is 5.08. The van der Waals surface area contributed by atoms with E-state index >= 15 is 0 Å². The molecule has 0 bridgehead atoms. The number of rotatable bonds is 1. The van der Waals surface area contributed by atoms with Crippen LogP contribution in [0.1, 0.15) is 40.0 Å². The van der Waals surface area contributed by atoms with Crippen LogP contribution < -0.4 is 5.73 Å². The maximum atomic E-state index is 5.71. The SMILES string of the molecule is CC1=C(CN)C(C)(C)CCC1. The summed E-state index contributed by atoms with van der Waals surface area (Å²) in [5.41, 5.74) is 9.10. The zero-order valence-electron chi connectivity index (χ0n) is 7.91. The molecule has 1 nitrogen and oxygen atoms in total. The Morgan fingerprint density at radius 3 is 2.45 bits per heavy atom. The summed E-state index contributed by atoms with van der Waals surface area (Å²) < 4.78 is 0. The van der Waals surface area contributed by atoms with Gasteiger partial charge in [-0.05, 0) is 31.6 Å². The average molecular weight is 153 g/mol. The standard InChI is InChI=1S/C10H19N/c1-8-5-4-6-10(2,3)9(8)7-11/h4-7,11H2,1-3H3. The summed E-state index contributed by atoms with van der Waals surface area (Å²) in [6.45, 7) is 7.58. The molecule has 0 aromatic rings. The molecule has 0 radical (unpaired) electrons. The van der Waals surface area contributed by atoms with Crippen molar-refractivity contribution < 1.29 is 0 Å². The Balaban J connectivity index is 2.92. The Kier molecular flexibility index (Phi) is 2.38. The van der Waals surface area contributed by atoms with Crippen LogP contribution >= 0.6 is 0 Å². The summed E-state index contributed by atoms with van der Waals surface area (Å²) in [7, 11) is 0. The van der Waals surface area contributed by atoms with Crippen molar-refractivity contribution in [1.29, 1.82) is 0 Å². The van der Waals surface area contributed by atoms with Crippen LogP contribution in [0.4, 0.5) is 0 Å². The first-order valence-corrected chi connectivity index (χ1v) is 4.47. The van der Waals surface area contributed by atoms with Gasteiger partial charge in [0.25, 0.3) is 0 Å². The second kappa shape index (κ2) is 2.98. The average Bonchev–Trinajstić information content (AvgIpc) is 1.86. The second-order valence-corrected chi connectivity index (χ2v) is 4.20. The molecule has 1 rings (SSSR count). The number of hydrogen-bond donors (Lipinski definition) is 1. The first kappa shape index (κ1) is 8.79. The van der Waals surface area contributed by atoms with Crippen LogP contribution in [0.5, 0.6) is 0 Å². The van der Waals surface area contributed by atoms with Gasteiger partial charge in [0.05, 0.1) is 0 Å². The van der Waals surface area contributed by atoms with Gasteiger partial charge < -0.3 is 5.73 Å². The van der Waals surface area contributed by atoms with Gasteiger partial charge in [-0.25, -0.2) is 0 Å². The van der Waals surface area contributed by atoms with Gasteiger partial charge in [0.2, 0.25) is 0 Å². The van der Waals surface area contributed by atoms with E-state index in [0.717, 1.165) is 6.54 Å². The van der Waals surface area contributed by atoms with Gasteiger partial charge in [0.15, 0.2) is 0 Å². The lowest BCUT2D eigenvalue weighted by Crippen LogP contribution is -2.25. The maximum Gasteiger partial charge on any atom is 0.0144 e. The zero-order valence-corrected chi connectivity index (χ0v) is 7.91. The summed E-state index contributed by atoms with van der Waals surface area (Å²) in [6, 6.07) is 0. The fourth-order valence-electron chi connectivity index (χ4n) is 2.13. The molecule has 64 valence electrons. The van der Waals surface area contributed by atoms with Crippen molar-refractivity contribution >= 4 is 0 Å². The molecule has 0 aromatic heterocycles. The van der Waals surface area contributed by atoms with Crippen molar-refractivity contribution in [2.24, 2.45) is 11.1 Å². The van der Waals surface area contributed by atoms with Crippen LogP contribution in [-0.4, -0.2) is 6.54 Å². The predicted octanol–water partition coefficient (Wildman–Crippen LogP) is 2.47. The van der Waals surface area contributed by atoms with Crippen LogP contribution in [0.3, 0.4) is 0 Å². The van der Waals surface area contributed by atoms with E-state index in [0.29, 0.717) is 5.41 Å². The summed E-state index contributed by atoms with van der Waals surface area (Å²) in [5.74, 6) is 0. The number of nitrogens with two attached hydrogens (primary N) is 1. The van der Waals surface area contributed by atoms with E-state index in [1.165, 1.54) is 30.4 Å². The van der Waals surface area contributed by atoms with E-state index in [9.17, 15) is 0 Å². The lowest BCUT2D eigenvalue weighted by molar-refractivity contribution is 0.362. The molecule has 0 spiro atoms. The van der Waals surface area contributed by atoms with Crippen LogP contribution in [0, 0.1) is 5.41 Å². The Morgan fingerprint density at radius 2 is 2.09 bits per heavy atom. The normalized spacial score (nSPS) is 24.0. The van der Waals surface area contributed by atoms with Crippen molar-refractivity contribution in [3.63, 3.8) is 0 Å². The van der Waals surface area contributed by atoms with Crippen LogP contribution in [0.15, 0.2) is 11.1 Å². The molecule has 0 saturated carbocycles. The van der Waals surface area contributed by atoms with E-state index in [2.05, 4.69) is 20.8 Å². The maximum absolute atomic E-state index is 5.71. The van der Waals surface area contributed by atoms with Gasteiger partial charge in [-0.2, -0.15) is 0 Å². The highest BCUT2D eigenvalue weighted by atomic mass is 14.6. The van der Waals surface area contributed by atoms with Gasteiger partial charge in [-0.15, -0.1) is 0 Å². The van der Waals surface area contributed by atoms with Crippen molar-refractivity contribution in [3.8, 4) is 0 Å². The Morgan fingerprint density at radius 1 is 1.45 bits per heavy atom. The Hall–Kier alpha value is -0.300. The van der Waals surface area contributed by atoms with Gasteiger partial charge >= 0.3 is 0 Å². The molecule has 0 fully saturated rings. The number of allylic oxidation sites excluding steroid dienone is 1. The summed E-state index contributed by atoms with van der Waals surface area (Å²) in [4.78, 5) is 0. The fourth-order valence-corrected chi connectivity index (χ4v) is 2.13. The molecule has 0 aliphatic heterocycles. The first-order valence-electron chi connectivity index (χ1n) is 4.47. The highest BCUT2D eigenvalue weighted by molar-refractivity contribution is 5.23. The predicted molar refractivity (Wildman–Crippen MR) is 49.4 cm³/mol. The van der Waals surface area contributed by atoms with E-state index in [1.807, 2.05) is 0 Å². The molecular weight excluding hydrogens is 134 g/mol. The van der Waals surface area contributed by atoms with E-state index in [-0.39, 0.29) is 0 Å². The van der Waals surface area contributed by atoms with E-state index < -0.39 is 0 Å². The van der Waals surface area contributed by atoms with Crippen LogP contribution in [-0.2, 0) is 0 Å². The largest absolute Gasteiger partial charge is 0.327 e. The third kappa shape index (κ3) is 1.64. The topological polar surface area (TPSA) is 26.0 Å². The lowest BCUT2D eigenvalue weighted by atomic mass is 9.73. The smallest absolute Gasteiger partial charge is 0.0144 e. The van der Waals surface area contributed by atoms with Gasteiger partial charge in [-0.1, -0.05) is 25.0 Å². The van der Waals surface area contributed by atoms with Crippen molar-refractivity contribution in [2.45, 2.75) is 40.0 Å². The van der Waals surface area contributed by atoms with Crippen LogP contribution in [0.2, 0.25) is 0 Å². The quantitative estimate of drug-likeness (QED) is 0.575. The molecule has 0 heterocycles. The minimum absolute atomic E-state index is 0.372. The molecule has 0 atom stereocenters. The Labute approximate surface area is 69.7 Å². The monoisotopic (exact) mass is 153 g/mol. The molecular formula is C10H19N. The highest BCUT2D eigenvalue weighted by Gasteiger charge is 2.26. The molecule has 1 heteroatoms. The number of hydrogen-bond acceptors (Lipinski definition) is 1.